The van der Waals surface area contributed by atoms with Gasteiger partial charge in [0.15, 0.2) is 0 Å². The fraction of sp³-hybridized carbons (Fsp3) is 0.611. The van der Waals surface area contributed by atoms with Crippen LogP contribution in [0.2, 0.25) is 0 Å². The average Bonchev–Trinajstić information content (AvgIpc) is 2.59. The number of hydrogen-bond acceptors (Lipinski definition) is 4. The van der Waals surface area contributed by atoms with Gasteiger partial charge in [-0.1, -0.05) is 19.3 Å². The zero-order valence-electron chi connectivity index (χ0n) is 14.4. The number of carbonyl (C=O) groups excluding carboxylic acids is 1. The maximum absolute atomic E-state index is 11.7. The van der Waals surface area contributed by atoms with Crippen molar-refractivity contribution in [3.05, 3.63) is 24.3 Å². The number of ether oxygens (including phenoxy) is 2. The Labute approximate surface area is 150 Å². The van der Waals surface area contributed by atoms with Gasteiger partial charge in [-0.3, -0.25) is 4.79 Å². The summed E-state index contributed by atoms with van der Waals surface area (Å²) in [7, 11) is 1.64. The van der Waals surface area contributed by atoms with Crippen molar-refractivity contribution in [3.8, 4) is 5.75 Å². The quantitative estimate of drug-likeness (QED) is 0.667. The second-order valence-electron chi connectivity index (χ2n) is 6.06. The van der Waals surface area contributed by atoms with Crippen molar-refractivity contribution in [1.82, 2.24) is 5.32 Å². The Balaban J connectivity index is 0.00000288. The van der Waals surface area contributed by atoms with Gasteiger partial charge in [0.2, 0.25) is 5.91 Å². The maximum Gasteiger partial charge on any atom is 0.238 e. The first-order valence-corrected chi connectivity index (χ1v) is 8.50. The monoisotopic (exact) mass is 356 g/mol. The number of amides is 1. The van der Waals surface area contributed by atoms with Crippen LogP contribution in [0.3, 0.4) is 0 Å². The lowest BCUT2D eigenvalue weighted by molar-refractivity contribution is -0.115. The van der Waals surface area contributed by atoms with Gasteiger partial charge in [0, 0.05) is 19.3 Å². The van der Waals surface area contributed by atoms with Gasteiger partial charge in [-0.05, 0) is 43.0 Å². The average molecular weight is 357 g/mol. The summed E-state index contributed by atoms with van der Waals surface area (Å²) in [6, 6.07) is 7.58. The van der Waals surface area contributed by atoms with E-state index in [1.807, 2.05) is 24.3 Å². The molecule has 0 aromatic heterocycles. The molecule has 0 radical (unpaired) electrons. The molecule has 0 atom stereocenters. The Kier molecular flexibility index (Phi) is 10.5. The van der Waals surface area contributed by atoms with Crippen LogP contribution in [0.15, 0.2) is 24.3 Å². The Hall–Kier alpha value is -1.30. The van der Waals surface area contributed by atoms with Gasteiger partial charge in [0.25, 0.3) is 0 Å². The highest BCUT2D eigenvalue weighted by atomic mass is 35.5. The standard InChI is InChI=1S/C18H28N2O3.ClH/c1-22-12-11-19-13-18(21)20-16-7-9-17(10-8-16)23-14-15-5-3-2-4-6-15;/h7-10,15,19H,2-6,11-14H2,1H3,(H,20,21);1H. The number of halogens is 1. The Morgan fingerprint density at radius 1 is 1.17 bits per heavy atom. The number of benzene rings is 1. The predicted molar refractivity (Wildman–Crippen MR) is 99.1 cm³/mol. The summed E-state index contributed by atoms with van der Waals surface area (Å²) >= 11 is 0. The molecule has 0 spiro atoms. The molecule has 1 aliphatic rings. The van der Waals surface area contributed by atoms with E-state index in [9.17, 15) is 4.79 Å². The van der Waals surface area contributed by atoms with Crippen molar-refractivity contribution in [2.45, 2.75) is 32.1 Å². The summed E-state index contributed by atoms with van der Waals surface area (Å²) in [5, 5.41) is 5.87. The molecule has 0 unspecified atom stereocenters. The molecule has 1 fully saturated rings. The van der Waals surface area contributed by atoms with E-state index in [4.69, 9.17) is 9.47 Å². The molecule has 0 saturated heterocycles. The van der Waals surface area contributed by atoms with Gasteiger partial charge in [0.1, 0.15) is 5.75 Å². The molecule has 1 amide bonds. The summed E-state index contributed by atoms with van der Waals surface area (Å²) in [5.74, 6) is 1.50. The van der Waals surface area contributed by atoms with Crippen LogP contribution >= 0.6 is 12.4 Å². The van der Waals surface area contributed by atoms with Crippen LogP contribution in [0, 0.1) is 5.92 Å². The lowest BCUT2D eigenvalue weighted by atomic mass is 9.90. The van der Waals surface area contributed by atoms with Gasteiger partial charge in [-0.25, -0.2) is 0 Å². The lowest BCUT2D eigenvalue weighted by Gasteiger charge is -2.21. The molecule has 1 aromatic rings. The second kappa shape index (κ2) is 12.1. The number of methoxy groups -OCH3 is 1. The molecule has 24 heavy (non-hydrogen) atoms. The molecule has 0 heterocycles. The van der Waals surface area contributed by atoms with Crippen molar-refractivity contribution in [3.63, 3.8) is 0 Å². The van der Waals surface area contributed by atoms with E-state index < -0.39 is 0 Å². The van der Waals surface area contributed by atoms with Gasteiger partial charge in [-0.15, -0.1) is 12.4 Å². The number of rotatable bonds is 9. The highest BCUT2D eigenvalue weighted by molar-refractivity contribution is 5.92. The number of anilines is 1. The van der Waals surface area contributed by atoms with E-state index in [1.54, 1.807) is 7.11 Å². The summed E-state index contributed by atoms with van der Waals surface area (Å²) in [5.41, 5.74) is 0.786. The molecule has 2 rings (SSSR count). The molecule has 1 aliphatic carbocycles. The molecular formula is C18H29ClN2O3. The fourth-order valence-electron chi connectivity index (χ4n) is 2.78. The zero-order valence-corrected chi connectivity index (χ0v) is 15.2. The largest absolute Gasteiger partial charge is 0.493 e. The Bertz CT molecular complexity index is 462. The van der Waals surface area contributed by atoms with Crippen molar-refractivity contribution in [2.24, 2.45) is 5.92 Å². The van der Waals surface area contributed by atoms with Crippen LogP contribution in [-0.4, -0.2) is 39.3 Å². The summed E-state index contributed by atoms with van der Waals surface area (Å²) in [6.07, 6.45) is 6.59. The molecule has 0 bridgehead atoms. The van der Waals surface area contributed by atoms with Crippen molar-refractivity contribution in [2.75, 3.05) is 38.7 Å². The first kappa shape index (κ1) is 20.7. The minimum atomic E-state index is -0.0584. The van der Waals surface area contributed by atoms with Gasteiger partial charge in [0.05, 0.1) is 19.8 Å². The van der Waals surface area contributed by atoms with Crippen LogP contribution < -0.4 is 15.4 Å². The summed E-state index contributed by atoms with van der Waals surface area (Å²) < 4.78 is 10.8. The number of carbonyl (C=O) groups is 1. The van der Waals surface area contributed by atoms with Gasteiger partial charge >= 0.3 is 0 Å². The summed E-state index contributed by atoms with van der Waals surface area (Å²) in [4.78, 5) is 11.7. The molecule has 136 valence electrons. The van der Waals surface area contributed by atoms with Crippen molar-refractivity contribution < 1.29 is 14.3 Å². The predicted octanol–water partition coefficient (Wildman–Crippen LogP) is 3.24. The topological polar surface area (TPSA) is 59.6 Å². The zero-order chi connectivity index (χ0) is 16.3. The number of nitrogens with one attached hydrogen (secondary N) is 2. The lowest BCUT2D eigenvalue weighted by Crippen LogP contribution is -2.30. The third kappa shape index (κ3) is 7.99. The van der Waals surface area contributed by atoms with E-state index in [0.29, 0.717) is 19.1 Å². The molecule has 0 aliphatic heterocycles. The van der Waals surface area contributed by atoms with Crippen LogP contribution in [0.1, 0.15) is 32.1 Å². The van der Waals surface area contributed by atoms with E-state index in [1.165, 1.54) is 32.1 Å². The SMILES string of the molecule is COCCNCC(=O)Nc1ccc(OCC2CCCCC2)cc1.Cl. The first-order chi connectivity index (χ1) is 11.3. The second-order valence-corrected chi connectivity index (χ2v) is 6.06. The van der Waals surface area contributed by atoms with Gasteiger partial charge < -0.3 is 20.1 Å². The van der Waals surface area contributed by atoms with Gasteiger partial charge in [-0.2, -0.15) is 0 Å². The summed E-state index contributed by atoms with van der Waals surface area (Å²) in [6.45, 7) is 2.34. The molecular weight excluding hydrogens is 328 g/mol. The third-order valence-electron chi connectivity index (χ3n) is 4.12. The first-order valence-electron chi connectivity index (χ1n) is 8.50. The van der Waals surface area contributed by atoms with Crippen molar-refractivity contribution >= 4 is 24.0 Å². The highest BCUT2D eigenvalue weighted by Gasteiger charge is 2.13. The Morgan fingerprint density at radius 2 is 1.88 bits per heavy atom. The minimum absolute atomic E-state index is 0. The molecule has 6 heteroatoms. The molecule has 1 aromatic carbocycles. The van der Waals surface area contributed by atoms with Crippen LogP contribution in [0.4, 0.5) is 5.69 Å². The minimum Gasteiger partial charge on any atom is -0.493 e. The molecule has 1 saturated carbocycles. The van der Waals surface area contributed by atoms with E-state index in [2.05, 4.69) is 10.6 Å². The normalized spacial score (nSPS) is 14.7. The van der Waals surface area contributed by atoms with E-state index in [0.717, 1.165) is 18.0 Å². The van der Waals surface area contributed by atoms with Crippen LogP contribution in [0.25, 0.3) is 0 Å². The highest BCUT2D eigenvalue weighted by Crippen LogP contribution is 2.25. The smallest absolute Gasteiger partial charge is 0.238 e. The van der Waals surface area contributed by atoms with E-state index in [-0.39, 0.29) is 24.9 Å². The third-order valence-corrected chi connectivity index (χ3v) is 4.12. The molecule has 5 nitrogen and oxygen atoms in total. The van der Waals surface area contributed by atoms with Crippen LogP contribution in [0.5, 0.6) is 5.75 Å². The van der Waals surface area contributed by atoms with Crippen molar-refractivity contribution in [1.29, 1.82) is 0 Å². The van der Waals surface area contributed by atoms with Crippen LogP contribution in [-0.2, 0) is 9.53 Å². The maximum atomic E-state index is 11.7. The molecule has 2 N–H and O–H groups in total. The Morgan fingerprint density at radius 3 is 2.54 bits per heavy atom. The number of hydrogen-bond donors (Lipinski definition) is 2. The fourth-order valence-corrected chi connectivity index (χ4v) is 2.78. The van der Waals surface area contributed by atoms with E-state index >= 15 is 0 Å².